The summed E-state index contributed by atoms with van der Waals surface area (Å²) in [5, 5.41) is 3.88. The first kappa shape index (κ1) is 12.4. The second-order valence-electron chi connectivity index (χ2n) is 4.34. The lowest BCUT2D eigenvalue weighted by Crippen LogP contribution is -2.13. The largest absolute Gasteiger partial charge is 0.337 e. The lowest BCUT2D eigenvalue weighted by atomic mass is 10.1. The van der Waals surface area contributed by atoms with Crippen LogP contribution in [0.4, 0.5) is 0 Å². The Morgan fingerprint density at radius 2 is 2.00 bits per heavy atom. The van der Waals surface area contributed by atoms with Crippen LogP contribution >= 0.6 is 0 Å². The van der Waals surface area contributed by atoms with Gasteiger partial charge in [0.05, 0.1) is 12.2 Å². The van der Waals surface area contributed by atoms with Crippen molar-refractivity contribution in [3.8, 4) is 11.5 Å². The SMILES string of the molecule is NC(Cc1ccccc1)c1nc(-c2cnccn2)no1. The Balaban J connectivity index is 1.77. The molecule has 0 bridgehead atoms. The Kier molecular flexibility index (Phi) is 3.47. The minimum Gasteiger partial charge on any atom is -0.337 e. The highest BCUT2D eigenvalue weighted by atomic mass is 16.5. The van der Waals surface area contributed by atoms with Crippen molar-refractivity contribution < 1.29 is 4.52 Å². The van der Waals surface area contributed by atoms with Gasteiger partial charge in [-0.15, -0.1) is 0 Å². The highest BCUT2D eigenvalue weighted by molar-refractivity contribution is 5.45. The second kappa shape index (κ2) is 5.58. The fraction of sp³-hybridized carbons (Fsp3) is 0.143. The fourth-order valence-corrected chi connectivity index (χ4v) is 1.86. The lowest BCUT2D eigenvalue weighted by Gasteiger charge is -2.05. The smallest absolute Gasteiger partial charge is 0.244 e. The van der Waals surface area contributed by atoms with Gasteiger partial charge in [0.25, 0.3) is 0 Å². The van der Waals surface area contributed by atoms with Crippen LogP contribution in [0.3, 0.4) is 0 Å². The number of aromatic nitrogens is 4. The minimum absolute atomic E-state index is 0.338. The zero-order valence-corrected chi connectivity index (χ0v) is 10.7. The Morgan fingerprint density at radius 1 is 1.15 bits per heavy atom. The quantitative estimate of drug-likeness (QED) is 0.774. The van der Waals surface area contributed by atoms with Crippen LogP contribution in [-0.4, -0.2) is 20.1 Å². The molecule has 0 aliphatic carbocycles. The van der Waals surface area contributed by atoms with Crippen molar-refractivity contribution in [2.24, 2.45) is 5.73 Å². The molecule has 0 spiro atoms. The molecular formula is C14H13N5O. The van der Waals surface area contributed by atoms with E-state index in [9.17, 15) is 0 Å². The summed E-state index contributed by atoms with van der Waals surface area (Å²) in [4.78, 5) is 12.4. The molecule has 0 amide bonds. The van der Waals surface area contributed by atoms with Gasteiger partial charge in [-0.2, -0.15) is 4.98 Å². The van der Waals surface area contributed by atoms with E-state index < -0.39 is 0 Å². The van der Waals surface area contributed by atoms with Gasteiger partial charge in [-0.25, -0.2) is 4.98 Å². The molecule has 0 saturated heterocycles. The molecule has 100 valence electrons. The van der Waals surface area contributed by atoms with E-state index in [0.29, 0.717) is 23.8 Å². The first-order valence-corrected chi connectivity index (χ1v) is 6.22. The summed E-state index contributed by atoms with van der Waals surface area (Å²) >= 11 is 0. The molecular weight excluding hydrogens is 254 g/mol. The molecule has 1 atom stereocenters. The van der Waals surface area contributed by atoms with E-state index in [2.05, 4.69) is 20.1 Å². The highest BCUT2D eigenvalue weighted by Gasteiger charge is 2.16. The molecule has 2 heterocycles. The third-order valence-electron chi connectivity index (χ3n) is 2.85. The van der Waals surface area contributed by atoms with E-state index in [-0.39, 0.29) is 6.04 Å². The summed E-state index contributed by atoms with van der Waals surface area (Å²) in [5.41, 5.74) is 7.77. The summed E-state index contributed by atoms with van der Waals surface area (Å²) in [6.07, 6.45) is 5.39. The van der Waals surface area contributed by atoms with E-state index in [1.54, 1.807) is 18.6 Å². The first-order valence-electron chi connectivity index (χ1n) is 6.22. The van der Waals surface area contributed by atoms with Crippen LogP contribution in [0.1, 0.15) is 17.5 Å². The number of benzene rings is 1. The van der Waals surface area contributed by atoms with Crippen molar-refractivity contribution in [2.45, 2.75) is 12.5 Å². The van der Waals surface area contributed by atoms with E-state index in [0.717, 1.165) is 5.56 Å². The number of hydrogen-bond donors (Lipinski definition) is 1. The average Bonchev–Trinajstić information content (AvgIpc) is 2.99. The van der Waals surface area contributed by atoms with Gasteiger partial charge in [0, 0.05) is 12.4 Å². The molecule has 2 N–H and O–H groups in total. The Hall–Kier alpha value is -2.60. The Morgan fingerprint density at radius 3 is 2.75 bits per heavy atom. The van der Waals surface area contributed by atoms with Crippen molar-refractivity contribution in [1.82, 2.24) is 20.1 Å². The summed E-state index contributed by atoms with van der Waals surface area (Å²) in [7, 11) is 0. The maximum atomic E-state index is 6.09. The molecule has 0 fully saturated rings. The predicted molar refractivity (Wildman–Crippen MR) is 72.4 cm³/mol. The lowest BCUT2D eigenvalue weighted by molar-refractivity contribution is 0.354. The summed E-state index contributed by atoms with van der Waals surface area (Å²) in [6.45, 7) is 0. The van der Waals surface area contributed by atoms with Gasteiger partial charge in [-0.1, -0.05) is 35.5 Å². The zero-order chi connectivity index (χ0) is 13.8. The number of hydrogen-bond acceptors (Lipinski definition) is 6. The van der Waals surface area contributed by atoms with Gasteiger partial charge in [-0.3, -0.25) is 4.98 Å². The van der Waals surface area contributed by atoms with Crippen LogP contribution in [0.25, 0.3) is 11.5 Å². The maximum absolute atomic E-state index is 6.09. The van der Waals surface area contributed by atoms with Crippen LogP contribution in [0, 0.1) is 0 Å². The van der Waals surface area contributed by atoms with Gasteiger partial charge in [0.15, 0.2) is 0 Å². The van der Waals surface area contributed by atoms with Crippen LogP contribution in [0.5, 0.6) is 0 Å². The summed E-state index contributed by atoms with van der Waals surface area (Å²) in [5.74, 6) is 0.797. The van der Waals surface area contributed by atoms with E-state index in [4.69, 9.17) is 10.3 Å². The monoisotopic (exact) mass is 267 g/mol. The summed E-state index contributed by atoms with van der Waals surface area (Å²) in [6, 6.07) is 9.60. The number of rotatable bonds is 4. The van der Waals surface area contributed by atoms with Crippen LogP contribution in [-0.2, 0) is 6.42 Å². The molecule has 6 heteroatoms. The molecule has 20 heavy (non-hydrogen) atoms. The van der Waals surface area contributed by atoms with Gasteiger partial charge < -0.3 is 10.3 Å². The highest BCUT2D eigenvalue weighted by Crippen LogP contribution is 2.17. The molecule has 0 radical (unpaired) electrons. The molecule has 1 unspecified atom stereocenters. The third kappa shape index (κ3) is 2.70. The minimum atomic E-state index is -0.338. The van der Waals surface area contributed by atoms with Crippen LogP contribution in [0.2, 0.25) is 0 Å². The molecule has 0 saturated carbocycles. The van der Waals surface area contributed by atoms with Gasteiger partial charge >= 0.3 is 0 Å². The predicted octanol–water partition coefficient (Wildman–Crippen LogP) is 1.77. The van der Waals surface area contributed by atoms with Crippen molar-refractivity contribution >= 4 is 0 Å². The van der Waals surface area contributed by atoms with E-state index in [1.807, 2.05) is 30.3 Å². The Bertz CT molecular complexity index is 668. The van der Waals surface area contributed by atoms with Gasteiger partial charge in [-0.05, 0) is 12.0 Å². The Labute approximate surface area is 115 Å². The van der Waals surface area contributed by atoms with E-state index in [1.165, 1.54) is 0 Å². The second-order valence-corrected chi connectivity index (χ2v) is 4.34. The molecule has 3 aromatic rings. The van der Waals surface area contributed by atoms with Crippen LogP contribution in [0.15, 0.2) is 53.4 Å². The standard InChI is InChI=1S/C14H13N5O/c15-11(8-10-4-2-1-3-5-10)14-18-13(19-20-14)12-9-16-6-7-17-12/h1-7,9,11H,8,15H2. The number of nitrogens with two attached hydrogens (primary N) is 1. The van der Waals surface area contributed by atoms with Crippen molar-refractivity contribution in [2.75, 3.05) is 0 Å². The number of nitrogens with zero attached hydrogens (tertiary/aromatic N) is 4. The zero-order valence-electron chi connectivity index (χ0n) is 10.7. The normalized spacial score (nSPS) is 12.2. The molecule has 3 rings (SSSR count). The molecule has 0 aliphatic heterocycles. The maximum Gasteiger partial charge on any atom is 0.244 e. The summed E-state index contributed by atoms with van der Waals surface area (Å²) < 4.78 is 5.20. The third-order valence-corrected chi connectivity index (χ3v) is 2.85. The average molecular weight is 267 g/mol. The van der Waals surface area contributed by atoms with Crippen LogP contribution < -0.4 is 5.73 Å². The topological polar surface area (TPSA) is 90.7 Å². The van der Waals surface area contributed by atoms with E-state index >= 15 is 0 Å². The first-order chi connectivity index (χ1) is 9.83. The van der Waals surface area contributed by atoms with Crippen molar-refractivity contribution in [1.29, 1.82) is 0 Å². The van der Waals surface area contributed by atoms with Gasteiger partial charge in [0.1, 0.15) is 5.69 Å². The molecule has 0 aliphatic rings. The fourth-order valence-electron chi connectivity index (χ4n) is 1.86. The van der Waals surface area contributed by atoms with Gasteiger partial charge in [0.2, 0.25) is 11.7 Å². The molecule has 1 aromatic carbocycles. The van der Waals surface area contributed by atoms with Crippen molar-refractivity contribution in [3.05, 3.63) is 60.4 Å². The molecule has 6 nitrogen and oxygen atoms in total. The molecule has 2 aromatic heterocycles. The van der Waals surface area contributed by atoms with Crippen molar-refractivity contribution in [3.63, 3.8) is 0 Å².